The summed E-state index contributed by atoms with van der Waals surface area (Å²) < 4.78 is 22.1. The van der Waals surface area contributed by atoms with E-state index in [0.717, 1.165) is 5.69 Å². The van der Waals surface area contributed by atoms with Gasteiger partial charge in [-0.1, -0.05) is 18.2 Å². The van der Waals surface area contributed by atoms with Crippen molar-refractivity contribution in [3.05, 3.63) is 72.3 Å². The number of ether oxygens (including phenoxy) is 4. The summed E-state index contributed by atoms with van der Waals surface area (Å²) in [5.41, 5.74) is 4.62. The minimum atomic E-state index is -0.400. The number of benzene rings is 3. The highest BCUT2D eigenvalue weighted by molar-refractivity contribution is 5.93. The summed E-state index contributed by atoms with van der Waals surface area (Å²) in [5, 5.41) is 6.74. The molecule has 0 bridgehead atoms. The Morgan fingerprint density at radius 2 is 1.66 bits per heavy atom. The van der Waals surface area contributed by atoms with E-state index in [9.17, 15) is 9.59 Å². The Bertz CT molecular complexity index is 1260. The Labute approximate surface area is 222 Å². The number of rotatable bonds is 13. The predicted octanol–water partition coefficient (Wildman–Crippen LogP) is 3.71. The summed E-state index contributed by atoms with van der Waals surface area (Å²) in [5.74, 6) is 1.23. The van der Waals surface area contributed by atoms with Gasteiger partial charge in [0.25, 0.3) is 11.8 Å². The SMILES string of the molecule is CCOc1cc(/C=N/NC(=O)COc2cccc(N(C)C)c2)ccc1OCC(=O)Nc1ccccc1OC. The van der Waals surface area contributed by atoms with Gasteiger partial charge in [0.2, 0.25) is 0 Å². The molecule has 0 aliphatic heterocycles. The molecule has 0 saturated heterocycles. The molecule has 2 N–H and O–H groups in total. The molecule has 0 aliphatic carbocycles. The van der Waals surface area contributed by atoms with Gasteiger partial charge in [-0.2, -0.15) is 5.10 Å². The van der Waals surface area contributed by atoms with Crippen molar-refractivity contribution in [3.8, 4) is 23.0 Å². The van der Waals surface area contributed by atoms with Gasteiger partial charge in [-0.3, -0.25) is 9.59 Å². The van der Waals surface area contributed by atoms with Crippen LogP contribution in [-0.4, -0.2) is 59.1 Å². The van der Waals surface area contributed by atoms with E-state index in [2.05, 4.69) is 15.8 Å². The third kappa shape index (κ3) is 8.44. The number of nitrogens with zero attached hydrogens (tertiary/aromatic N) is 2. The lowest BCUT2D eigenvalue weighted by molar-refractivity contribution is -0.123. The molecule has 0 heterocycles. The van der Waals surface area contributed by atoms with E-state index in [1.165, 1.54) is 13.3 Å². The minimum absolute atomic E-state index is 0.178. The van der Waals surface area contributed by atoms with Crippen molar-refractivity contribution >= 4 is 29.4 Å². The van der Waals surface area contributed by atoms with Gasteiger partial charge < -0.3 is 29.2 Å². The summed E-state index contributed by atoms with van der Waals surface area (Å²) >= 11 is 0. The van der Waals surface area contributed by atoms with Crippen LogP contribution in [-0.2, 0) is 9.59 Å². The molecule has 0 unspecified atom stereocenters. The molecule has 0 spiro atoms. The fourth-order valence-corrected chi connectivity index (χ4v) is 3.28. The second-order valence-corrected chi connectivity index (χ2v) is 8.15. The molecule has 10 nitrogen and oxygen atoms in total. The van der Waals surface area contributed by atoms with Gasteiger partial charge in [-0.25, -0.2) is 5.43 Å². The number of hydrogen-bond acceptors (Lipinski definition) is 8. The Kier molecular flexibility index (Phi) is 10.3. The number of nitrogens with one attached hydrogen (secondary N) is 2. The van der Waals surface area contributed by atoms with Crippen molar-refractivity contribution in [2.24, 2.45) is 5.10 Å². The Hall–Kier alpha value is -4.73. The number of methoxy groups -OCH3 is 1. The summed E-state index contributed by atoms with van der Waals surface area (Å²) in [4.78, 5) is 26.4. The van der Waals surface area contributed by atoms with Crippen molar-refractivity contribution < 1.29 is 28.5 Å². The van der Waals surface area contributed by atoms with Crippen LogP contribution in [0.2, 0.25) is 0 Å². The molecule has 38 heavy (non-hydrogen) atoms. The van der Waals surface area contributed by atoms with Gasteiger partial charge in [0.05, 0.1) is 25.6 Å². The van der Waals surface area contributed by atoms with Gasteiger partial charge in [0.15, 0.2) is 24.7 Å². The molecule has 0 atom stereocenters. The Morgan fingerprint density at radius 1 is 0.868 bits per heavy atom. The number of amides is 2. The Morgan fingerprint density at radius 3 is 2.42 bits per heavy atom. The highest BCUT2D eigenvalue weighted by Gasteiger charge is 2.11. The van der Waals surface area contributed by atoms with E-state index < -0.39 is 5.91 Å². The molecule has 200 valence electrons. The maximum atomic E-state index is 12.4. The van der Waals surface area contributed by atoms with Crippen LogP contribution in [0.25, 0.3) is 0 Å². The lowest BCUT2D eigenvalue weighted by Gasteiger charge is -2.14. The number of anilines is 2. The summed E-state index contributed by atoms with van der Waals surface area (Å²) in [7, 11) is 5.39. The summed E-state index contributed by atoms with van der Waals surface area (Å²) in [6.07, 6.45) is 1.48. The molecule has 0 saturated carbocycles. The largest absolute Gasteiger partial charge is 0.495 e. The van der Waals surface area contributed by atoms with Crippen molar-refractivity contribution in [2.75, 3.05) is 51.2 Å². The van der Waals surface area contributed by atoms with Crippen LogP contribution in [0, 0.1) is 0 Å². The van der Waals surface area contributed by atoms with Gasteiger partial charge in [-0.05, 0) is 55.0 Å². The molecule has 2 amide bonds. The number of carbonyl (C=O) groups is 2. The van der Waals surface area contributed by atoms with Crippen LogP contribution in [0.1, 0.15) is 12.5 Å². The molecule has 3 aromatic carbocycles. The summed E-state index contributed by atoms with van der Waals surface area (Å²) in [6, 6.07) is 19.6. The quantitative estimate of drug-likeness (QED) is 0.261. The number of hydrogen-bond donors (Lipinski definition) is 2. The van der Waals surface area contributed by atoms with Crippen molar-refractivity contribution in [1.82, 2.24) is 5.43 Å². The van der Waals surface area contributed by atoms with Crippen LogP contribution in [0.4, 0.5) is 11.4 Å². The van der Waals surface area contributed by atoms with Crippen LogP contribution < -0.4 is 34.6 Å². The van der Waals surface area contributed by atoms with Crippen LogP contribution in [0.15, 0.2) is 71.8 Å². The molecular weight excluding hydrogens is 488 g/mol. The molecule has 3 aromatic rings. The fourth-order valence-electron chi connectivity index (χ4n) is 3.28. The Balaban J connectivity index is 1.53. The average Bonchev–Trinajstić information content (AvgIpc) is 2.92. The lowest BCUT2D eigenvalue weighted by atomic mass is 10.2. The predicted molar refractivity (Wildman–Crippen MR) is 147 cm³/mol. The van der Waals surface area contributed by atoms with E-state index in [1.807, 2.05) is 50.2 Å². The molecule has 0 radical (unpaired) electrons. The van der Waals surface area contributed by atoms with Crippen molar-refractivity contribution in [2.45, 2.75) is 6.92 Å². The highest BCUT2D eigenvalue weighted by Crippen LogP contribution is 2.28. The molecular formula is C28H32N4O6. The van der Waals surface area contributed by atoms with Crippen LogP contribution in [0.5, 0.6) is 23.0 Å². The van der Waals surface area contributed by atoms with E-state index in [4.69, 9.17) is 18.9 Å². The number of carbonyl (C=O) groups excluding carboxylic acids is 2. The first-order valence-corrected chi connectivity index (χ1v) is 11.9. The lowest BCUT2D eigenvalue weighted by Crippen LogP contribution is -2.24. The second-order valence-electron chi connectivity index (χ2n) is 8.15. The third-order valence-corrected chi connectivity index (χ3v) is 5.11. The van der Waals surface area contributed by atoms with Gasteiger partial charge >= 0.3 is 0 Å². The topological polar surface area (TPSA) is 111 Å². The maximum Gasteiger partial charge on any atom is 0.277 e. The first-order valence-electron chi connectivity index (χ1n) is 11.9. The normalized spacial score (nSPS) is 10.5. The monoisotopic (exact) mass is 520 g/mol. The van der Waals surface area contributed by atoms with Crippen LogP contribution >= 0.6 is 0 Å². The second kappa shape index (κ2) is 14.1. The first kappa shape index (κ1) is 27.9. The van der Waals surface area contributed by atoms with E-state index in [1.54, 1.807) is 42.5 Å². The minimum Gasteiger partial charge on any atom is -0.495 e. The maximum absolute atomic E-state index is 12.4. The zero-order valence-corrected chi connectivity index (χ0v) is 21.9. The first-order chi connectivity index (χ1) is 18.4. The third-order valence-electron chi connectivity index (χ3n) is 5.11. The molecule has 0 fully saturated rings. The van der Waals surface area contributed by atoms with Crippen LogP contribution in [0.3, 0.4) is 0 Å². The van der Waals surface area contributed by atoms with E-state index >= 15 is 0 Å². The highest BCUT2D eigenvalue weighted by atomic mass is 16.5. The van der Waals surface area contributed by atoms with Crippen molar-refractivity contribution in [1.29, 1.82) is 0 Å². The standard InChI is InChI=1S/C28H32N4O6/c1-5-36-26-15-20(17-29-31-28(34)19-37-22-10-8-9-21(16-22)32(2)3)13-14-25(26)38-18-27(33)30-23-11-6-7-12-24(23)35-4/h6-17H,5,18-19H2,1-4H3,(H,30,33)(H,31,34)/b29-17+. The van der Waals surface area contributed by atoms with Gasteiger partial charge in [-0.15, -0.1) is 0 Å². The smallest absolute Gasteiger partial charge is 0.277 e. The van der Waals surface area contributed by atoms with Gasteiger partial charge in [0, 0.05) is 25.8 Å². The number of para-hydroxylation sites is 2. The average molecular weight is 521 g/mol. The van der Waals surface area contributed by atoms with E-state index in [-0.39, 0.29) is 19.1 Å². The molecule has 0 aromatic heterocycles. The van der Waals surface area contributed by atoms with Gasteiger partial charge in [0.1, 0.15) is 11.5 Å². The fraction of sp³-hybridized carbons (Fsp3) is 0.250. The zero-order valence-electron chi connectivity index (χ0n) is 21.9. The number of hydrazone groups is 1. The zero-order chi connectivity index (χ0) is 27.3. The molecule has 3 rings (SSSR count). The van der Waals surface area contributed by atoms with E-state index in [0.29, 0.717) is 40.9 Å². The van der Waals surface area contributed by atoms with Crippen molar-refractivity contribution in [3.63, 3.8) is 0 Å². The summed E-state index contributed by atoms with van der Waals surface area (Å²) in [6.45, 7) is 1.84. The molecule has 10 heteroatoms. The molecule has 0 aliphatic rings.